The number of imidazole rings is 1. The van der Waals surface area contributed by atoms with Crippen molar-refractivity contribution < 1.29 is 4.79 Å². The lowest BCUT2D eigenvalue weighted by molar-refractivity contribution is -0.131. The van der Waals surface area contributed by atoms with Crippen LogP contribution in [0.1, 0.15) is 12.0 Å². The predicted molar refractivity (Wildman–Crippen MR) is 93.1 cm³/mol. The summed E-state index contributed by atoms with van der Waals surface area (Å²) in [5.74, 6) is 1.10. The molecule has 3 aromatic rings. The highest BCUT2D eigenvalue weighted by Gasteiger charge is 2.23. The van der Waals surface area contributed by atoms with E-state index in [2.05, 4.69) is 41.7 Å². The monoisotopic (exact) mass is 342 g/mol. The fourth-order valence-electron chi connectivity index (χ4n) is 3.00. The number of rotatable bonds is 4. The highest BCUT2D eigenvalue weighted by Crippen LogP contribution is 2.21. The summed E-state index contributed by atoms with van der Waals surface area (Å²) in [4.78, 5) is 32.3. The number of hydrogen-bond donors (Lipinski definition) is 1. The van der Waals surface area contributed by atoms with Crippen molar-refractivity contribution in [2.24, 2.45) is 0 Å². The average Bonchev–Trinajstić information content (AvgIpc) is 3.31. The van der Waals surface area contributed by atoms with Crippen molar-refractivity contribution in [2.45, 2.75) is 12.8 Å². The number of anilines is 1. The van der Waals surface area contributed by atoms with Crippen molar-refractivity contribution in [3.05, 3.63) is 35.0 Å². The Hall–Kier alpha value is -2.48. The number of thiophene rings is 1. The molecule has 3 aromatic heterocycles. The lowest BCUT2D eigenvalue weighted by Crippen LogP contribution is -2.49. The molecule has 4 heterocycles. The predicted octanol–water partition coefficient (Wildman–Crippen LogP) is 1.70. The number of aromatic amines is 1. The first kappa shape index (κ1) is 15.1. The van der Waals surface area contributed by atoms with Gasteiger partial charge in [-0.2, -0.15) is 11.3 Å². The standard InChI is InChI=1S/C16H18N6OS/c23-13(2-1-12-3-8-24-9-12)21-4-6-22(7-5-21)16-14-15(18-10-17-14)19-11-20-16/h3,8-11H,1-2,4-7H2,(H,17,18,19,20). The van der Waals surface area contributed by atoms with Crippen LogP contribution in [0.15, 0.2) is 29.5 Å². The summed E-state index contributed by atoms with van der Waals surface area (Å²) >= 11 is 1.67. The van der Waals surface area contributed by atoms with E-state index in [1.807, 2.05) is 4.90 Å². The van der Waals surface area contributed by atoms with E-state index < -0.39 is 0 Å². The van der Waals surface area contributed by atoms with Gasteiger partial charge < -0.3 is 14.8 Å². The molecule has 1 amide bonds. The van der Waals surface area contributed by atoms with Crippen molar-refractivity contribution in [1.29, 1.82) is 0 Å². The molecule has 0 bridgehead atoms. The Morgan fingerprint density at radius 1 is 1.21 bits per heavy atom. The molecule has 24 heavy (non-hydrogen) atoms. The Kier molecular flexibility index (Phi) is 4.12. The molecular formula is C16H18N6OS. The third-order valence-corrected chi connectivity index (χ3v) is 5.07. The van der Waals surface area contributed by atoms with Gasteiger partial charge in [0.15, 0.2) is 11.5 Å². The van der Waals surface area contributed by atoms with Crippen molar-refractivity contribution in [3.63, 3.8) is 0 Å². The summed E-state index contributed by atoms with van der Waals surface area (Å²) in [6.45, 7) is 2.99. The Labute approximate surface area is 143 Å². The van der Waals surface area contributed by atoms with Crippen LogP contribution in [-0.4, -0.2) is 56.9 Å². The molecule has 1 aliphatic rings. The molecule has 124 valence electrons. The van der Waals surface area contributed by atoms with Crippen molar-refractivity contribution in [3.8, 4) is 0 Å². The van der Waals surface area contributed by atoms with Gasteiger partial charge in [0.2, 0.25) is 5.91 Å². The van der Waals surface area contributed by atoms with Gasteiger partial charge in [-0.15, -0.1) is 0 Å². The summed E-state index contributed by atoms with van der Waals surface area (Å²) in [5.41, 5.74) is 2.78. The number of amides is 1. The van der Waals surface area contributed by atoms with E-state index in [1.165, 1.54) is 11.9 Å². The van der Waals surface area contributed by atoms with E-state index in [0.29, 0.717) is 12.1 Å². The van der Waals surface area contributed by atoms with E-state index in [1.54, 1.807) is 17.7 Å². The van der Waals surface area contributed by atoms with Gasteiger partial charge in [-0.1, -0.05) is 0 Å². The zero-order valence-corrected chi connectivity index (χ0v) is 14.0. The van der Waals surface area contributed by atoms with Gasteiger partial charge in [-0.25, -0.2) is 15.0 Å². The van der Waals surface area contributed by atoms with Gasteiger partial charge in [0.05, 0.1) is 6.33 Å². The summed E-state index contributed by atoms with van der Waals surface area (Å²) in [5, 5.41) is 4.16. The molecule has 7 nitrogen and oxygen atoms in total. The second-order valence-corrected chi connectivity index (χ2v) is 6.58. The number of nitrogens with zero attached hydrogens (tertiary/aromatic N) is 5. The molecule has 0 aliphatic carbocycles. The average molecular weight is 342 g/mol. The van der Waals surface area contributed by atoms with Crippen LogP contribution >= 0.6 is 11.3 Å². The number of aromatic nitrogens is 4. The Balaban J connectivity index is 1.36. The zero-order chi connectivity index (χ0) is 16.4. The molecule has 0 aromatic carbocycles. The summed E-state index contributed by atoms with van der Waals surface area (Å²) in [7, 11) is 0. The highest BCUT2D eigenvalue weighted by atomic mass is 32.1. The third-order valence-electron chi connectivity index (χ3n) is 4.34. The lowest BCUT2D eigenvalue weighted by Gasteiger charge is -2.35. The Morgan fingerprint density at radius 2 is 2.08 bits per heavy atom. The molecule has 0 spiro atoms. The molecule has 0 atom stereocenters. The van der Waals surface area contributed by atoms with Gasteiger partial charge in [-0.3, -0.25) is 4.79 Å². The first-order valence-corrected chi connectivity index (χ1v) is 8.93. The number of carbonyl (C=O) groups is 1. The molecule has 1 fully saturated rings. The third kappa shape index (κ3) is 2.96. The minimum atomic E-state index is 0.232. The van der Waals surface area contributed by atoms with Crippen LogP contribution in [-0.2, 0) is 11.2 Å². The highest BCUT2D eigenvalue weighted by molar-refractivity contribution is 7.07. The fraction of sp³-hybridized carbons (Fsp3) is 0.375. The van der Waals surface area contributed by atoms with Crippen LogP contribution in [0.2, 0.25) is 0 Å². The van der Waals surface area contributed by atoms with Gasteiger partial charge >= 0.3 is 0 Å². The summed E-state index contributed by atoms with van der Waals surface area (Å²) in [6.07, 6.45) is 4.57. The Morgan fingerprint density at radius 3 is 2.88 bits per heavy atom. The van der Waals surface area contributed by atoms with E-state index >= 15 is 0 Å². The number of fused-ring (bicyclic) bond motifs is 1. The molecule has 1 aliphatic heterocycles. The summed E-state index contributed by atoms with van der Waals surface area (Å²) in [6, 6.07) is 2.08. The maximum absolute atomic E-state index is 12.4. The smallest absolute Gasteiger partial charge is 0.223 e. The van der Waals surface area contributed by atoms with Gasteiger partial charge in [-0.05, 0) is 28.8 Å². The molecule has 1 N–H and O–H groups in total. The topological polar surface area (TPSA) is 78.0 Å². The van der Waals surface area contributed by atoms with Crippen LogP contribution in [0.3, 0.4) is 0 Å². The molecule has 8 heteroatoms. The van der Waals surface area contributed by atoms with Crippen LogP contribution in [0, 0.1) is 0 Å². The number of hydrogen-bond acceptors (Lipinski definition) is 6. The largest absolute Gasteiger partial charge is 0.351 e. The second kappa shape index (κ2) is 6.56. The first-order valence-electron chi connectivity index (χ1n) is 7.99. The first-order chi connectivity index (χ1) is 11.8. The van der Waals surface area contributed by atoms with Crippen molar-refractivity contribution in [2.75, 3.05) is 31.1 Å². The van der Waals surface area contributed by atoms with E-state index in [0.717, 1.165) is 43.9 Å². The number of H-pyrrole nitrogens is 1. The van der Waals surface area contributed by atoms with Crippen LogP contribution in [0.5, 0.6) is 0 Å². The number of aryl methyl sites for hydroxylation is 1. The minimum absolute atomic E-state index is 0.232. The molecule has 0 saturated carbocycles. The van der Waals surface area contributed by atoms with Crippen molar-refractivity contribution >= 4 is 34.2 Å². The van der Waals surface area contributed by atoms with E-state index in [9.17, 15) is 4.79 Å². The SMILES string of the molecule is O=C(CCc1ccsc1)N1CCN(c2ncnc3nc[nH]c23)CC1. The summed E-state index contributed by atoms with van der Waals surface area (Å²) < 4.78 is 0. The van der Waals surface area contributed by atoms with Crippen LogP contribution in [0.4, 0.5) is 5.82 Å². The molecule has 1 saturated heterocycles. The molecule has 4 rings (SSSR count). The molecule has 0 radical (unpaired) electrons. The van der Waals surface area contributed by atoms with Crippen molar-refractivity contribution in [1.82, 2.24) is 24.8 Å². The zero-order valence-electron chi connectivity index (χ0n) is 13.2. The molecular weight excluding hydrogens is 324 g/mol. The Bertz CT molecular complexity index is 822. The normalized spacial score (nSPS) is 15.2. The van der Waals surface area contributed by atoms with Crippen LogP contribution in [0.25, 0.3) is 11.2 Å². The molecule has 0 unspecified atom stereocenters. The maximum atomic E-state index is 12.4. The maximum Gasteiger partial charge on any atom is 0.223 e. The van der Waals surface area contributed by atoms with E-state index in [4.69, 9.17) is 0 Å². The van der Waals surface area contributed by atoms with Gasteiger partial charge in [0, 0.05) is 32.6 Å². The number of piperazine rings is 1. The van der Waals surface area contributed by atoms with Gasteiger partial charge in [0.25, 0.3) is 0 Å². The quantitative estimate of drug-likeness (QED) is 0.781. The minimum Gasteiger partial charge on any atom is -0.351 e. The van der Waals surface area contributed by atoms with E-state index in [-0.39, 0.29) is 5.91 Å². The lowest BCUT2D eigenvalue weighted by atomic mass is 10.1. The van der Waals surface area contributed by atoms with Crippen LogP contribution < -0.4 is 4.90 Å². The van der Waals surface area contributed by atoms with Gasteiger partial charge in [0.1, 0.15) is 11.8 Å². The fourth-order valence-corrected chi connectivity index (χ4v) is 3.71. The number of nitrogens with one attached hydrogen (secondary N) is 1. The number of carbonyl (C=O) groups excluding carboxylic acids is 1. The second-order valence-electron chi connectivity index (χ2n) is 5.80.